The van der Waals surface area contributed by atoms with E-state index in [2.05, 4.69) is 48.0 Å². The van der Waals surface area contributed by atoms with Gasteiger partial charge in [-0.3, -0.25) is 0 Å². The van der Waals surface area contributed by atoms with E-state index in [0.29, 0.717) is 5.15 Å². The van der Waals surface area contributed by atoms with Crippen LogP contribution in [-0.4, -0.2) is 15.0 Å². The molecule has 0 aliphatic heterocycles. The highest BCUT2D eigenvalue weighted by molar-refractivity contribution is 7.09. The normalized spacial score (nSPS) is 13.3. The van der Waals surface area contributed by atoms with E-state index in [0.717, 1.165) is 22.3 Å². The quantitative estimate of drug-likeness (QED) is 0.855. The Morgan fingerprint density at radius 3 is 2.50 bits per heavy atom. The fourth-order valence-electron chi connectivity index (χ4n) is 1.68. The predicted octanol–water partition coefficient (Wildman–Crippen LogP) is 4.37. The number of hydrogen-bond acceptors (Lipinski definition) is 5. The summed E-state index contributed by atoms with van der Waals surface area (Å²) in [5.74, 6) is 1.46. The van der Waals surface area contributed by atoms with Crippen LogP contribution in [0.25, 0.3) is 0 Å². The topological polar surface area (TPSA) is 50.7 Å². The second-order valence-corrected chi connectivity index (χ2v) is 7.12. The molecule has 6 heteroatoms. The van der Waals surface area contributed by atoms with Crippen LogP contribution in [0.3, 0.4) is 0 Å². The first-order valence-corrected chi connectivity index (χ1v) is 7.75. The average Bonchev–Trinajstić information content (AvgIpc) is 2.74. The highest BCUT2D eigenvalue weighted by Gasteiger charge is 2.19. The molecular formula is C14H19ClN4S. The summed E-state index contributed by atoms with van der Waals surface area (Å²) in [4.78, 5) is 13.3. The van der Waals surface area contributed by atoms with Crippen molar-refractivity contribution in [3.8, 4) is 0 Å². The molecule has 2 aromatic heterocycles. The SMILES string of the molecule is Cc1csc(C(C)Nc2cc(Cl)nc(C(C)(C)C)n2)n1. The fourth-order valence-corrected chi connectivity index (χ4v) is 2.67. The van der Waals surface area contributed by atoms with E-state index in [1.165, 1.54) is 0 Å². The smallest absolute Gasteiger partial charge is 0.137 e. The molecule has 2 heterocycles. The number of aromatic nitrogens is 3. The maximum atomic E-state index is 6.09. The minimum absolute atomic E-state index is 0.0903. The third-order valence-electron chi connectivity index (χ3n) is 2.74. The van der Waals surface area contributed by atoms with Crippen LogP contribution in [0.5, 0.6) is 0 Å². The highest BCUT2D eigenvalue weighted by atomic mass is 35.5. The fraction of sp³-hybridized carbons (Fsp3) is 0.500. The molecule has 0 saturated carbocycles. The van der Waals surface area contributed by atoms with Gasteiger partial charge in [-0.15, -0.1) is 11.3 Å². The van der Waals surface area contributed by atoms with E-state index in [-0.39, 0.29) is 11.5 Å². The predicted molar refractivity (Wildman–Crippen MR) is 84.6 cm³/mol. The van der Waals surface area contributed by atoms with Gasteiger partial charge in [-0.2, -0.15) is 0 Å². The van der Waals surface area contributed by atoms with Gasteiger partial charge >= 0.3 is 0 Å². The molecule has 0 radical (unpaired) electrons. The Hall–Kier alpha value is -1.20. The number of rotatable bonds is 3. The standard InChI is InChI=1S/C14H19ClN4S/c1-8-7-20-12(16-8)9(2)17-11-6-10(15)18-13(19-11)14(3,4)5/h6-7,9H,1-5H3,(H,17,18,19). The second-order valence-electron chi connectivity index (χ2n) is 5.84. The van der Waals surface area contributed by atoms with Gasteiger partial charge in [0, 0.05) is 22.6 Å². The average molecular weight is 311 g/mol. The largest absolute Gasteiger partial charge is 0.361 e. The summed E-state index contributed by atoms with van der Waals surface area (Å²) >= 11 is 7.73. The summed E-state index contributed by atoms with van der Waals surface area (Å²) in [6, 6.07) is 1.83. The number of nitrogens with zero attached hydrogens (tertiary/aromatic N) is 3. The lowest BCUT2D eigenvalue weighted by Gasteiger charge is -2.19. The molecule has 4 nitrogen and oxygen atoms in total. The lowest BCUT2D eigenvalue weighted by atomic mass is 9.96. The number of hydrogen-bond donors (Lipinski definition) is 1. The van der Waals surface area contributed by atoms with Gasteiger partial charge in [0.2, 0.25) is 0 Å². The molecule has 20 heavy (non-hydrogen) atoms. The van der Waals surface area contributed by atoms with Crippen LogP contribution in [-0.2, 0) is 5.41 Å². The number of nitrogens with one attached hydrogen (secondary N) is 1. The minimum Gasteiger partial charge on any atom is -0.361 e. The number of halogens is 1. The number of anilines is 1. The third kappa shape index (κ3) is 3.67. The van der Waals surface area contributed by atoms with E-state index in [9.17, 15) is 0 Å². The minimum atomic E-state index is -0.137. The van der Waals surface area contributed by atoms with Crippen molar-refractivity contribution in [1.29, 1.82) is 0 Å². The maximum absolute atomic E-state index is 6.09. The van der Waals surface area contributed by atoms with Gasteiger partial charge in [-0.05, 0) is 13.8 Å². The molecule has 0 saturated heterocycles. The molecule has 0 fully saturated rings. The molecule has 0 aromatic carbocycles. The molecule has 0 aliphatic rings. The van der Waals surface area contributed by atoms with Crippen LogP contribution in [0.15, 0.2) is 11.4 Å². The van der Waals surface area contributed by atoms with Crippen LogP contribution in [0.2, 0.25) is 5.15 Å². The summed E-state index contributed by atoms with van der Waals surface area (Å²) in [7, 11) is 0. The molecule has 0 amide bonds. The first-order chi connectivity index (χ1) is 9.25. The van der Waals surface area contributed by atoms with E-state index in [1.54, 1.807) is 17.4 Å². The van der Waals surface area contributed by atoms with Crippen molar-refractivity contribution in [3.05, 3.63) is 33.1 Å². The van der Waals surface area contributed by atoms with Crippen LogP contribution in [0, 0.1) is 6.92 Å². The Kier molecular flexibility index (Phi) is 4.30. The van der Waals surface area contributed by atoms with Crippen LogP contribution >= 0.6 is 22.9 Å². The lowest BCUT2D eigenvalue weighted by Crippen LogP contribution is -2.18. The van der Waals surface area contributed by atoms with E-state index in [4.69, 9.17) is 11.6 Å². The molecule has 1 N–H and O–H groups in total. The van der Waals surface area contributed by atoms with Crippen LogP contribution in [0.1, 0.15) is 50.3 Å². The molecular weight excluding hydrogens is 292 g/mol. The van der Waals surface area contributed by atoms with Crippen molar-refractivity contribution in [2.24, 2.45) is 0 Å². The Labute approximate surface area is 128 Å². The molecule has 0 aliphatic carbocycles. The Bertz CT molecular complexity index is 603. The van der Waals surface area contributed by atoms with Gasteiger partial charge in [-0.25, -0.2) is 15.0 Å². The lowest BCUT2D eigenvalue weighted by molar-refractivity contribution is 0.545. The third-order valence-corrected chi connectivity index (χ3v) is 4.08. The van der Waals surface area contributed by atoms with Crippen molar-refractivity contribution < 1.29 is 0 Å². The van der Waals surface area contributed by atoms with E-state index >= 15 is 0 Å². The van der Waals surface area contributed by atoms with Gasteiger partial charge in [0.15, 0.2) is 0 Å². The number of thiazole rings is 1. The van der Waals surface area contributed by atoms with Crippen molar-refractivity contribution in [2.75, 3.05) is 5.32 Å². The van der Waals surface area contributed by atoms with Gasteiger partial charge in [-0.1, -0.05) is 32.4 Å². The summed E-state index contributed by atoms with van der Waals surface area (Å²) < 4.78 is 0. The molecule has 0 spiro atoms. The van der Waals surface area contributed by atoms with Gasteiger partial charge < -0.3 is 5.32 Å². The van der Waals surface area contributed by atoms with Gasteiger partial charge in [0.05, 0.1) is 6.04 Å². The second kappa shape index (κ2) is 5.66. The van der Waals surface area contributed by atoms with Crippen molar-refractivity contribution >= 4 is 28.8 Å². The summed E-state index contributed by atoms with van der Waals surface area (Å²) in [5.41, 5.74) is 0.900. The summed E-state index contributed by atoms with van der Waals surface area (Å²) in [6.45, 7) is 10.2. The van der Waals surface area contributed by atoms with Crippen molar-refractivity contribution in [3.63, 3.8) is 0 Å². The highest BCUT2D eigenvalue weighted by Crippen LogP contribution is 2.25. The molecule has 2 aromatic rings. The van der Waals surface area contributed by atoms with E-state index < -0.39 is 0 Å². The van der Waals surface area contributed by atoms with Crippen molar-refractivity contribution in [2.45, 2.75) is 46.1 Å². The number of aryl methyl sites for hydroxylation is 1. The zero-order valence-electron chi connectivity index (χ0n) is 12.4. The molecule has 1 atom stereocenters. The first kappa shape index (κ1) is 15.2. The zero-order valence-corrected chi connectivity index (χ0v) is 13.9. The Balaban J connectivity index is 2.23. The monoisotopic (exact) mass is 310 g/mol. The molecule has 0 bridgehead atoms. The van der Waals surface area contributed by atoms with Gasteiger partial charge in [0.1, 0.15) is 21.8 Å². The van der Waals surface area contributed by atoms with Gasteiger partial charge in [0.25, 0.3) is 0 Å². The molecule has 1 unspecified atom stereocenters. The van der Waals surface area contributed by atoms with Crippen LogP contribution in [0.4, 0.5) is 5.82 Å². The Morgan fingerprint density at radius 1 is 1.25 bits per heavy atom. The summed E-state index contributed by atoms with van der Waals surface area (Å²) in [5, 5.41) is 6.87. The maximum Gasteiger partial charge on any atom is 0.137 e. The zero-order chi connectivity index (χ0) is 14.9. The van der Waals surface area contributed by atoms with E-state index in [1.807, 2.05) is 12.3 Å². The Morgan fingerprint density at radius 2 is 1.95 bits per heavy atom. The molecule has 2 rings (SSSR count). The molecule has 108 valence electrons. The van der Waals surface area contributed by atoms with Crippen LogP contribution < -0.4 is 5.32 Å². The summed E-state index contributed by atoms with van der Waals surface area (Å²) in [6.07, 6.45) is 0. The first-order valence-electron chi connectivity index (χ1n) is 6.49. The van der Waals surface area contributed by atoms with Crippen molar-refractivity contribution in [1.82, 2.24) is 15.0 Å².